The molecular formula is C17H21NO3S. The van der Waals surface area contributed by atoms with E-state index in [2.05, 4.69) is 0 Å². The van der Waals surface area contributed by atoms with Crippen LogP contribution in [0, 0.1) is 0 Å². The predicted molar refractivity (Wildman–Crippen MR) is 88.9 cm³/mol. The van der Waals surface area contributed by atoms with Crippen molar-refractivity contribution in [1.29, 1.82) is 0 Å². The van der Waals surface area contributed by atoms with Crippen LogP contribution in [0.5, 0.6) is 5.75 Å². The summed E-state index contributed by atoms with van der Waals surface area (Å²) in [5, 5.41) is 0. The van der Waals surface area contributed by atoms with Crippen molar-refractivity contribution in [2.75, 3.05) is 18.0 Å². The van der Waals surface area contributed by atoms with Crippen LogP contribution in [-0.2, 0) is 10.0 Å². The third-order valence-electron chi connectivity index (χ3n) is 3.41. The Balaban J connectivity index is 2.39. The molecule has 0 aliphatic carbocycles. The summed E-state index contributed by atoms with van der Waals surface area (Å²) in [7, 11) is -2.02. The number of sulfonamides is 1. The van der Waals surface area contributed by atoms with Gasteiger partial charge in [0, 0.05) is 6.54 Å². The summed E-state index contributed by atoms with van der Waals surface area (Å²) in [5.74, 6) is 0.638. The second-order valence-corrected chi connectivity index (χ2v) is 6.80. The molecule has 0 radical (unpaired) electrons. The number of para-hydroxylation sites is 1. The highest BCUT2D eigenvalue weighted by atomic mass is 32.2. The Labute approximate surface area is 132 Å². The topological polar surface area (TPSA) is 46.6 Å². The zero-order chi connectivity index (χ0) is 16.0. The van der Waals surface area contributed by atoms with Crippen LogP contribution in [0.15, 0.2) is 59.5 Å². The minimum absolute atomic E-state index is 0.272. The van der Waals surface area contributed by atoms with E-state index in [1.54, 1.807) is 31.4 Å². The van der Waals surface area contributed by atoms with Gasteiger partial charge in [-0.15, -0.1) is 0 Å². The van der Waals surface area contributed by atoms with Crippen LogP contribution in [-0.4, -0.2) is 22.1 Å². The average molecular weight is 319 g/mol. The van der Waals surface area contributed by atoms with Crippen LogP contribution >= 0.6 is 0 Å². The molecule has 0 fully saturated rings. The van der Waals surface area contributed by atoms with E-state index in [0.717, 1.165) is 12.8 Å². The molecule has 0 aliphatic rings. The van der Waals surface area contributed by atoms with Crippen LogP contribution < -0.4 is 9.04 Å². The molecule has 0 amide bonds. The summed E-state index contributed by atoms with van der Waals surface area (Å²) in [6, 6.07) is 15.7. The summed E-state index contributed by atoms with van der Waals surface area (Å²) in [5.41, 5.74) is 0.687. The van der Waals surface area contributed by atoms with Crippen LogP contribution in [0.25, 0.3) is 0 Å². The van der Waals surface area contributed by atoms with Gasteiger partial charge in [-0.2, -0.15) is 0 Å². The molecule has 0 heterocycles. The lowest BCUT2D eigenvalue weighted by Crippen LogP contribution is -2.32. The fraction of sp³-hybridized carbons (Fsp3) is 0.294. The molecule has 4 nitrogen and oxygen atoms in total. The zero-order valence-corrected chi connectivity index (χ0v) is 13.7. The molecule has 5 heteroatoms. The highest BCUT2D eigenvalue weighted by Gasteiger charge is 2.24. The number of rotatable bonds is 7. The number of hydrogen-bond acceptors (Lipinski definition) is 3. The predicted octanol–water partition coefficient (Wildman–Crippen LogP) is 3.69. The third kappa shape index (κ3) is 3.60. The molecular weight excluding hydrogens is 298 g/mol. The maximum Gasteiger partial charge on any atom is 0.264 e. The van der Waals surface area contributed by atoms with Gasteiger partial charge in [0.15, 0.2) is 0 Å². The van der Waals surface area contributed by atoms with E-state index >= 15 is 0 Å². The van der Waals surface area contributed by atoms with Gasteiger partial charge in [0.1, 0.15) is 5.75 Å². The molecule has 0 saturated heterocycles. The number of anilines is 1. The van der Waals surface area contributed by atoms with Crippen molar-refractivity contribution < 1.29 is 13.2 Å². The molecule has 0 saturated carbocycles. The summed E-state index contributed by atoms with van der Waals surface area (Å²) in [6.45, 7) is 2.51. The molecule has 0 unspecified atom stereocenters. The van der Waals surface area contributed by atoms with Gasteiger partial charge >= 0.3 is 0 Å². The van der Waals surface area contributed by atoms with Crippen molar-refractivity contribution in [2.24, 2.45) is 0 Å². The zero-order valence-electron chi connectivity index (χ0n) is 12.9. The molecule has 0 spiro atoms. The molecule has 0 aliphatic heterocycles. The Bertz CT molecular complexity index is 682. The summed E-state index contributed by atoms with van der Waals surface area (Å²) in [6.07, 6.45) is 1.74. The van der Waals surface area contributed by atoms with E-state index < -0.39 is 10.0 Å². The maximum atomic E-state index is 12.9. The number of hydrogen-bond donors (Lipinski definition) is 0. The van der Waals surface area contributed by atoms with Crippen LogP contribution in [0.1, 0.15) is 19.8 Å². The van der Waals surface area contributed by atoms with Crippen LogP contribution in [0.3, 0.4) is 0 Å². The first-order chi connectivity index (χ1) is 10.6. The van der Waals surface area contributed by atoms with Crippen molar-refractivity contribution in [3.8, 4) is 5.75 Å². The SMILES string of the molecule is CCCCN(c1ccccc1)S(=O)(=O)c1ccc(OC)cc1. The molecule has 2 aromatic rings. The third-order valence-corrected chi connectivity index (χ3v) is 5.25. The standard InChI is InChI=1S/C17H21NO3S/c1-3-4-14-18(15-8-6-5-7-9-15)22(19,20)17-12-10-16(21-2)11-13-17/h5-13H,3-4,14H2,1-2H3. The molecule has 0 bridgehead atoms. The molecule has 2 aromatic carbocycles. The van der Waals surface area contributed by atoms with E-state index in [0.29, 0.717) is 18.0 Å². The van der Waals surface area contributed by atoms with Gasteiger partial charge in [-0.1, -0.05) is 31.5 Å². The summed E-state index contributed by atoms with van der Waals surface area (Å²) in [4.78, 5) is 0.272. The van der Waals surface area contributed by atoms with Crippen molar-refractivity contribution >= 4 is 15.7 Å². The minimum atomic E-state index is -3.57. The summed E-state index contributed by atoms with van der Waals surface area (Å²) < 4.78 is 32.4. The van der Waals surface area contributed by atoms with Crippen molar-refractivity contribution in [3.05, 3.63) is 54.6 Å². The largest absolute Gasteiger partial charge is 0.497 e. The first-order valence-corrected chi connectivity index (χ1v) is 8.75. The van der Waals surface area contributed by atoms with E-state index in [-0.39, 0.29) is 4.90 Å². The Hall–Kier alpha value is -2.01. The fourth-order valence-corrected chi connectivity index (χ4v) is 3.66. The number of benzene rings is 2. The number of ether oxygens (including phenoxy) is 1. The van der Waals surface area contributed by atoms with Gasteiger partial charge in [0.25, 0.3) is 10.0 Å². The van der Waals surface area contributed by atoms with Gasteiger partial charge in [0.2, 0.25) is 0 Å². The Morgan fingerprint density at radius 2 is 1.64 bits per heavy atom. The second kappa shape index (κ2) is 7.31. The van der Waals surface area contributed by atoms with Crippen molar-refractivity contribution in [3.63, 3.8) is 0 Å². The highest BCUT2D eigenvalue weighted by Crippen LogP contribution is 2.25. The van der Waals surface area contributed by atoms with Crippen LogP contribution in [0.2, 0.25) is 0 Å². The van der Waals surface area contributed by atoms with Gasteiger partial charge in [-0.3, -0.25) is 4.31 Å². The Kier molecular flexibility index (Phi) is 5.44. The molecule has 22 heavy (non-hydrogen) atoms. The molecule has 118 valence electrons. The van der Waals surface area contributed by atoms with Gasteiger partial charge in [-0.05, 0) is 42.8 Å². The molecule has 2 rings (SSSR count). The number of unbranched alkanes of at least 4 members (excludes halogenated alkanes) is 1. The van der Waals surface area contributed by atoms with Gasteiger partial charge in [-0.25, -0.2) is 8.42 Å². The van der Waals surface area contributed by atoms with Crippen LogP contribution in [0.4, 0.5) is 5.69 Å². The second-order valence-electron chi connectivity index (χ2n) is 4.94. The lowest BCUT2D eigenvalue weighted by atomic mass is 10.3. The lowest BCUT2D eigenvalue weighted by molar-refractivity contribution is 0.414. The summed E-state index contributed by atoms with van der Waals surface area (Å²) >= 11 is 0. The quantitative estimate of drug-likeness (QED) is 0.782. The van der Waals surface area contributed by atoms with E-state index in [1.807, 2.05) is 37.3 Å². The first-order valence-electron chi connectivity index (χ1n) is 7.31. The first kappa shape index (κ1) is 16.4. The number of nitrogens with zero attached hydrogens (tertiary/aromatic N) is 1. The maximum absolute atomic E-state index is 12.9. The molecule has 0 N–H and O–H groups in total. The van der Waals surface area contributed by atoms with E-state index in [9.17, 15) is 8.42 Å². The smallest absolute Gasteiger partial charge is 0.264 e. The normalized spacial score (nSPS) is 11.2. The van der Waals surface area contributed by atoms with Gasteiger partial charge < -0.3 is 4.74 Å². The lowest BCUT2D eigenvalue weighted by Gasteiger charge is -2.24. The average Bonchev–Trinajstić information content (AvgIpc) is 2.56. The monoisotopic (exact) mass is 319 g/mol. The van der Waals surface area contributed by atoms with E-state index in [1.165, 1.54) is 4.31 Å². The fourth-order valence-electron chi connectivity index (χ4n) is 2.16. The van der Waals surface area contributed by atoms with Crippen molar-refractivity contribution in [2.45, 2.75) is 24.7 Å². The van der Waals surface area contributed by atoms with E-state index in [4.69, 9.17) is 4.74 Å². The Morgan fingerprint density at radius 1 is 1.00 bits per heavy atom. The number of methoxy groups -OCH3 is 1. The highest BCUT2D eigenvalue weighted by molar-refractivity contribution is 7.92. The minimum Gasteiger partial charge on any atom is -0.497 e. The molecule has 0 atom stereocenters. The molecule has 0 aromatic heterocycles. The van der Waals surface area contributed by atoms with Crippen molar-refractivity contribution in [1.82, 2.24) is 0 Å². The van der Waals surface area contributed by atoms with Gasteiger partial charge in [0.05, 0.1) is 17.7 Å². The Morgan fingerprint density at radius 3 is 2.18 bits per heavy atom.